The Bertz CT molecular complexity index is 2390. The summed E-state index contributed by atoms with van der Waals surface area (Å²) in [7, 11) is -9.79. The number of allylic oxidation sites excluding steroid dienone is 20. The summed E-state index contributed by atoms with van der Waals surface area (Å²) in [4.78, 5) is 58.8. The van der Waals surface area contributed by atoms with Gasteiger partial charge in [0.05, 0.1) is 26.4 Å². The van der Waals surface area contributed by atoms with Crippen LogP contribution in [0.15, 0.2) is 122 Å². The molecule has 0 aliphatic carbocycles. The molecule has 5 atom stereocenters. The van der Waals surface area contributed by atoms with E-state index in [4.69, 9.17) is 32.3 Å². The van der Waals surface area contributed by atoms with Crippen molar-refractivity contribution in [1.82, 2.24) is 0 Å². The number of aliphatic hydroxyl groups excluding tert-OH is 2. The predicted octanol–water partition coefficient (Wildman–Crippen LogP) is 24.9. The molecule has 0 saturated carbocycles. The maximum atomic E-state index is 13.0. The van der Waals surface area contributed by atoms with Crippen LogP contribution in [0.3, 0.4) is 0 Å². The highest BCUT2D eigenvalue weighted by molar-refractivity contribution is 7.47. The third kappa shape index (κ3) is 80.8. The smallest absolute Gasteiger partial charge is 0.463 e. The number of aliphatic hydroxyl groups is 2. The van der Waals surface area contributed by atoms with E-state index < -0.39 is 91.5 Å². The van der Waals surface area contributed by atoms with E-state index in [0.29, 0.717) is 19.3 Å². The molecule has 606 valence electrons. The van der Waals surface area contributed by atoms with Crippen LogP contribution in [0.2, 0.25) is 0 Å². The van der Waals surface area contributed by atoms with Crippen LogP contribution in [0.4, 0.5) is 0 Å². The van der Waals surface area contributed by atoms with Crippen LogP contribution in [-0.4, -0.2) is 95.9 Å². The molecular weight excluding hydrogens is 1360 g/mol. The largest absolute Gasteiger partial charge is 0.472 e. The maximum absolute atomic E-state index is 13.0. The van der Waals surface area contributed by atoms with Crippen molar-refractivity contribution in [2.75, 3.05) is 39.6 Å². The molecule has 0 spiro atoms. The summed E-state index contributed by atoms with van der Waals surface area (Å²) in [5, 5.41) is 20.7. The quantitative estimate of drug-likeness (QED) is 0.0146. The van der Waals surface area contributed by atoms with E-state index in [1.165, 1.54) is 148 Å². The highest BCUT2D eigenvalue weighted by Crippen LogP contribution is 2.45. The highest BCUT2D eigenvalue weighted by atomic mass is 31.2. The van der Waals surface area contributed by atoms with Crippen molar-refractivity contribution in [2.24, 2.45) is 0 Å². The van der Waals surface area contributed by atoms with Crippen LogP contribution in [-0.2, 0) is 55.8 Å². The molecule has 4 N–H and O–H groups in total. The fourth-order valence-electron chi connectivity index (χ4n) is 11.3. The van der Waals surface area contributed by atoms with Crippen LogP contribution in [0.5, 0.6) is 0 Å². The number of rotatable bonds is 79. The van der Waals surface area contributed by atoms with Gasteiger partial charge in [-0.15, -0.1) is 0 Å². The molecule has 105 heavy (non-hydrogen) atoms. The lowest BCUT2D eigenvalue weighted by molar-refractivity contribution is -0.161. The molecular formula is C87H152O16P2. The molecule has 0 aliphatic heterocycles. The topological polar surface area (TPSA) is 231 Å². The van der Waals surface area contributed by atoms with E-state index in [2.05, 4.69) is 142 Å². The molecule has 0 saturated heterocycles. The summed E-state index contributed by atoms with van der Waals surface area (Å²) in [6.45, 7) is 2.57. The molecule has 0 aromatic carbocycles. The van der Waals surface area contributed by atoms with Gasteiger partial charge in [-0.05, 0) is 116 Å². The van der Waals surface area contributed by atoms with Crippen molar-refractivity contribution >= 4 is 33.6 Å². The zero-order valence-electron chi connectivity index (χ0n) is 66.4. The summed E-state index contributed by atoms with van der Waals surface area (Å²) in [5.41, 5.74) is 0. The fourth-order valence-corrected chi connectivity index (χ4v) is 12.9. The lowest BCUT2D eigenvalue weighted by atomic mass is 10.0. The summed E-state index contributed by atoms with van der Waals surface area (Å²) in [6, 6.07) is 0. The van der Waals surface area contributed by atoms with E-state index in [1.54, 1.807) is 0 Å². The number of unbranched alkanes of at least 4 members (excludes halogenated alkanes) is 36. The Hall–Kier alpha value is -4.05. The fraction of sp³-hybridized carbons (Fsp3) is 0.736. The van der Waals surface area contributed by atoms with Crippen LogP contribution in [0.25, 0.3) is 0 Å². The van der Waals surface area contributed by atoms with Crippen molar-refractivity contribution in [3.8, 4) is 0 Å². The van der Waals surface area contributed by atoms with Crippen molar-refractivity contribution in [3.63, 3.8) is 0 Å². The molecule has 0 bridgehead atoms. The average molecular weight is 1520 g/mol. The van der Waals surface area contributed by atoms with E-state index in [0.717, 1.165) is 148 Å². The van der Waals surface area contributed by atoms with Gasteiger partial charge in [-0.2, -0.15) is 0 Å². The Morgan fingerprint density at radius 1 is 0.276 bits per heavy atom. The second-order valence-corrected chi connectivity index (χ2v) is 30.8. The first-order valence-electron chi connectivity index (χ1n) is 41.8. The number of phosphoric ester groups is 2. The van der Waals surface area contributed by atoms with Crippen molar-refractivity contribution < 1.29 is 75.8 Å². The first-order valence-corrected chi connectivity index (χ1v) is 44.8. The highest BCUT2D eigenvalue weighted by Gasteiger charge is 2.29. The van der Waals surface area contributed by atoms with Gasteiger partial charge in [-0.3, -0.25) is 32.5 Å². The Labute approximate surface area is 640 Å². The Balaban J connectivity index is 4.54. The Morgan fingerprint density at radius 3 is 0.819 bits per heavy atom. The second-order valence-electron chi connectivity index (χ2n) is 27.9. The zero-order valence-corrected chi connectivity index (χ0v) is 68.2. The number of ether oxygens (including phenoxy) is 3. The molecule has 0 aromatic heterocycles. The van der Waals surface area contributed by atoms with E-state index >= 15 is 0 Å². The number of phosphoric acid groups is 2. The zero-order chi connectivity index (χ0) is 76.6. The lowest BCUT2D eigenvalue weighted by Gasteiger charge is -2.21. The van der Waals surface area contributed by atoms with Crippen LogP contribution in [0, 0.1) is 0 Å². The van der Waals surface area contributed by atoms with Gasteiger partial charge >= 0.3 is 33.6 Å². The van der Waals surface area contributed by atoms with Gasteiger partial charge in [-0.1, -0.05) is 341 Å². The second kappa shape index (κ2) is 79.5. The number of hydrogen-bond donors (Lipinski definition) is 4. The number of hydrogen-bond acceptors (Lipinski definition) is 14. The SMILES string of the molecule is CC/C=C\C/C=C\C/C=C\C/C=C\C/C=C\C/C=C\CCCCCCCCC(=O)OCC(COP(=O)(O)OCC(O)COP(=O)(O)OCC(O)COC(=O)CCCCCCCCCCCCCCC/C=C\C/C=C\C/C=C\C/C=C\CCCCC)OC(=O)CCCCCCCCCCCCCCCCC. The summed E-state index contributed by atoms with van der Waals surface area (Å²) < 4.78 is 61.3. The van der Waals surface area contributed by atoms with Gasteiger partial charge in [-0.25, -0.2) is 9.13 Å². The van der Waals surface area contributed by atoms with Crippen molar-refractivity contribution in [3.05, 3.63) is 122 Å². The molecule has 18 heteroatoms. The van der Waals surface area contributed by atoms with Gasteiger partial charge in [0.2, 0.25) is 0 Å². The Morgan fingerprint density at radius 2 is 0.505 bits per heavy atom. The van der Waals surface area contributed by atoms with E-state index in [1.807, 2.05) is 0 Å². The standard InChI is InChI=1S/C87H152O16P2/c1-4-7-10-13-16-19-22-25-28-30-32-34-36-38-39-40-41-43-45-46-48-50-53-55-58-61-64-67-70-73-85(90)97-76-82(88)77-99-104(93,94)100-78-83(89)79-101-105(95,96)102-81-84(103-87(92)75-72-69-66-63-60-57-52-27-24-21-18-15-12-9-6-3)80-98-86(91)74-71-68-65-62-59-56-54-51-49-47-44-42-37-35-33-31-29-26-23-20-17-14-11-8-5-2/h8,11,16-17,19-20,25-26,28-29,32-35,38-39,42,44,49,51,82-84,88-89H,4-7,9-10,12-15,18,21-24,27,30-31,36-37,40-41,43,45-48,50,52-81H2,1-3H3,(H,93,94)(H,95,96)/b11-8-,19-16-,20-17-,28-25-,29-26-,34-32-,35-33-,39-38-,44-42-,51-49-. The third-order valence-electron chi connectivity index (χ3n) is 17.7. The first kappa shape index (κ1) is 101. The summed E-state index contributed by atoms with van der Waals surface area (Å²) >= 11 is 0. The lowest BCUT2D eigenvalue weighted by Crippen LogP contribution is -2.30. The summed E-state index contributed by atoms with van der Waals surface area (Å²) in [6.07, 6.45) is 95.2. The van der Waals surface area contributed by atoms with Crippen LogP contribution < -0.4 is 0 Å². The monoisotopic (exact) mass is 1520 g/mol. The van der Waals surface area contributed by atoms with Gasteiger partial charge in [0.25, 0.3) is 0 Å². The van der Waals surface area contributed by atoms with Crippen molar-refractivity contribution in [2.45, 2.75) is 373 Å². The minimum Gasteiger partial charge on any atom is -0.463 e. The van der Waals surface area contributed by atoms with Gasteiger partial charge in [0.1, 0.15) is 25.4 Å². The Kier molecular flexibility index (Phi) is 76.4. The minimum absolute atomic E-state index is 0.103. The molecule has 0 aliphatic rings. The molecule has 0 amide bonds. The molecule has 0 heterocycles. The van der Waals surface area contributed by atoms with Crippen molar-refractivity contribution in [1.29, 1.82) is 0 Å². The normalized spacial score (nSPS) is 14.5. The maximum Gasteiger partial charge on any atom is 0.472 e. The number of carbonyl (C=O) groups is 3. The molecule has 0 radical (unpaired) electrons. The van der Waals surface area contributed by atoms with Gasteiger partial charge < -0.3 is 34.2 Å². The third-order valence-corrected chi connectivity index (χ3v) is 19.6. The molecule has 0 rings (SSSR count). The number of carbonyl (C=O) groups excluding carboxylic acids is 3. The van der Waals surface area contributed by atoms with E-state index in [-0.39, 0.29) is 19.3 Å². The summed E-state index contributed by atoms with van der Waals surface area (Å²) in [5.74, 6) is -1.58. The molecule has 5 unspecified atom stereocenters. The first-order chi connectivity index (χ1) is 51.2. The molecule has 16 nitrogen and oxygen atoms in total. The average Bonchev–Trinajstić information content (AvgIpc) is 1.01. The molecule has 0 fully saturated rings. The van der Waals surface area contributed by atoms with E-state index in [9.17, 15) is 43.5 Å². The van der Waals surface area contributed by atoms with Crippen LogP contribution >= 0.6 is 15.6 Å². The van der Waals surface area contributed by atoms with Gasteiger partial charge in [0.15, 0.2) is 6.10 Å². The predicted molar refractivity (Wildman–Crippen MR) is 436 cm³/mol. The minimum atomic E-state index is -4.94. The number of esters is 3. The molecule has 0 aromatic rings. The van der Waals surface area contributed by atoms with Gasteiger partial charge in [0, 0.05) is 19.3 Å². The van der Waals surface area contributed by atoms with Crippen LogP contribution in [0.1, 0.15) is 355 Å².